The molecular formula is C8H13N5. The fourth-order valence-corrected chi connectivity index (χ4v) is 1.12. The molecule has 70 valence electrons. The first-order chi connectivity index (χ1) is 6.11. The van der Waals surface area contributed by atoms with Crippen LogP contribution >= 0.6 is 0 Å². The summed E-state index contributed by atoms with van der Waals surface area (Å²) in [6.07, 6.45) is 0. The third kappa shape index (κ3) is 1.43. The SMILES string of the molecule is CCn1nc(N(C)C)c(C#N)c1N. The summed E-state index contributed by atoms with van der Waals surface area (Å²) in [6.45, 7) is 2.61. The Balaban J connectivity index is 3.30. The van der Waals surface area contributed by atoms with Crippen LogP contribution in [0.3, 0.4) is 0 Å². The van der Waals surface area contributed by atoms with Crippen LogP contribution in [0.25, 0.3) is 0 Å². The van der Waals surface area contributed by atoms with Crippen molar-refractivity contribution in [3.63, 3.8) is 0 Å². The molecule has 0 aliphatic carbocycles. The van der Waals surface area contributed by atoms with E-state index in [4.69, 9.17) is 11.0 Å². The minimum absolute atomic E-state index is 0.439. The van der Waals surface area contributed by atoms with Gasteiger partial charge in [0.25, 0.3) is 0 Å². The minimum Gasteiger partial charge on any atom is -0.383 e. The van der Waals surface area contributed by atoms with Gasteiger partial charge in [-0.3, -0.25) is 0 Å². The van der Waals surface area contributed by atoms with Crippen molar-refractivity contribution in [2.75, 3.05) is 24.7 Å². The summed E-state index contributed by atoms with van der Waals surface area (Å²) in [5, 5.41) is 13.0. The van der Waals surface area contributed by atoms with Crippen molar-refractivity contribution >= 4 is 11.6 Å². The van der Waals surface area contributed by atoms with E-state index >= 15 is 0 Å². The maximum Gasteiger partial charge on any atom is 0.170 e. The van der Waals surface area contributed by atoms with Crippen molar-refractivity contribution in [1.29, 1.82) is 5.26 Å². The monoisotopic (exact) mass is 179 g/mol. The van der Waals surface area contributed by atoms with Gasteiger partial charge in [-0.15, -0.1) is 0 Å². The Morgan fingerprint density at radius 2 is 2.23 bits per heavy atom. The van der Waals surface area contributed by atoms with E-state index in [0.717, 1.165) is 0 Å². The average molecular weight is 179 g/mol. The van der Waals surface area contributed by atoms with Gasteiger partial charge in [-0.2, -0.15) is 10.4 Å². The first-order valence-corrected chi connectivity index (χ1v) is 4.05. The van der Waals surface area contributed by atoms with Gasteiger partial charge in [0.15, 0.2) is 5.82 Å². The molecule has 13 heavy (non-hydrogen) atoms. The Hall–Kier alpha value is -1.70. The number of nitrogens with two attached hydrogens (primary N) is 1. The summed E-state index contributed by atoms with van der Waals surface area (Å²) in [5.74, 6) is 1.07. The van der Waals surface area contributed by atoms with Crippen molar-refractivity contribution in [3.05, 3.63) is 5.56 Å². The van der Waals surface area contributed by atoms with Gasteiger partial charge >= 0.3 is 0 Å². The maximum atomic E-state index is 8.85. The van der Waals surface area contributed by atoms with Crippen molar-refractivity contribution in [3.8, 4) is 6.07 Å². The number of hydrogen-bond donors (Lipinski definition) is 1. The van der Waals surface area contributed by atoms with E-state index in [0.29, 0.717) is 23.7 Å². The highest BCUT2D eigenvalue weighted by molar-refractivity contribution is 5.64. The van der Waals surface area contributed by atoms with Crippen LogP contribution in [0.4, 0.5) is 11.6 Å². The lowest BCUT2D eigenvalue weighted by Crippen LogP contribution is -2.11. The number of nitrogens with zero attached hydrogens (tertiary/aromatic N) is 4. The quantitative estimate of drug-likeness (QED) is 0.714. The predicted octanol–water partition coefficient (Wildman–Crippen LogP) is 0.423. The van der Waals surface area contributed by atoms with Gasteiger partial charge in [0.1, 0.15) is 17.5 Å². The van der Waals surface area contributed by atoms with E-state index < -0.39 is 0 Å². The van der Waals surface area contributed by atoms with E-state index in [-0.39, 0.29) is 0 Å². The van der Waals surface area contributed by atoms with E-state index in [9.17, 15) is 0 Å². The molecule has 1 rings (SSSR count). The van der Waals surface area contributed by atoms with Crippen LogP contribution in [0.2, 0.25) is 0 Å². The topological polar surface area (TPSA) is 70.9 Å². The van der Waals surface area contributed by atoms with Crippen LogP contribution in [0, 0.1) is 11.3 Å². The Morgan fingerprint density at radius 1 is 1.62 bits per heavy atom. The number of anilines is 2. The van der Waals surface area contributed by atoms with Crippen molar-refractivity contribution in [2.45, 2.75) is 13.5 Å². The lowest BCUT2D eigenvalue weighted by atomic mass is 10.3. The fourth-order valence-electron chi connectivity index (χ4n) is 1.12. The van der Waals surface area contributed by atoms with E-state index in [2.05, 4.69) is 5.10 Å². The molecule has 1 aromatic rings. The van der Waals surface area contributed by atoms with Crippen LogP contribution in [-0.2, 0) is 6.54 Å². The molecule has 0 fully saturated rings. The molecule has 1 aromatic heterocycles. The molecule has 0 aliphatic heterocycles. The number of nitrogen functional groups attached to an aromatic ring is 1. The zero-order valence-corrected chi connectivity index (χ0v) is 8.07. The molecule has 1 heterocycles. The second kappa shape index (κ2) is 3.35. The molecule has 5 heteroatoms. The third-order valence-corrected chi connectivity index (χ3v) is 1.81. The molecule has 0 spiro atoms. The molecule has 5 nitrogen and oxygen atoms in total. The van der Waals surface area contributed by atoms with Crippen molar-refractivity contribution in [1.82, 2.24) is 9.78 Å². The Labute approximate surface area is 77.4 Å². The molecule has 0 saturated carbocycles. The maximum absolute atomic E-state index is 8.85. The summed E-state index contributed by atoms with van der Waals surface area (Å²) in [6, 6.07) is 2.05. The number of nitriles is 1. The average Bonchev–Trinajstić information content (AvgIpc) is 2.42. The lowest BCUT2D eigenvalue weighted by molar-refractivity contribution is 0.668. The van der Waals surface area contributed by atoms with Gasteiger partial charge in [-0.05, 0) is 6.92 Å². The molecule has 0 aromatic carbocycles. The van der Waals surface area contributed by atoms with E-state index in [1.165, 1.54) is 0 Å². The summed E-state index contributed by atoms with van der Waals surface area (Å²) in [4.78, 5) is 1.78. The number of aromatic nitrogens is 2. The number of aryl methyl sites for hydroxylation is 1. The molecule has 0 saturated heterocycles. The largest absolute Gasteiger partial charge is 0.383 e. The van der Waals surface area contributed by atoms with Crippen LogP contribution in [0.1, 0.15) is 12.5 Å². The molecule has 0 atom stereocenters. The van der Waals surface area contributed by atoms with Gasteiger partial charge in [-0.1, -0.05) is 0 Å². The van der Waals surface area contributed by atoms with Crippen LogP contribution in [-0.4, -0.2) is 23.9 Å². The first kappa shape index (κ1) is 9.39. The molecule has 0 bridgehead atoms. The number of hydrogen-bond acceptors (Lipinski definition) is 4. The van der Waals surface area contributed by atoms with Crippen molar-refractivity contribution < 1.29 is 0 Å². The highest BCUT2D eigenvalue weighted by atomic mass is 15.4. The fraction of sp³-hybridized carbons (Fsp3) is 0.500. The second-order valence-electron chi connectivity index (χ2n) is 2.91. The molecule has 0 unspecified atom stereocenters. The standard InChI is InChI=1S/C8H13N5/c1-4-13-7(10)6(5-9)8(11-13)12(2)3/h4,10H2,1-3H3. The van der Waals surface area contributed by atoms with Gasteiger partial charge in [0.2, 0.25) is 0 Å². The van der Waals surface area contributed by atoms with Gasteiger partial charge in [-0.25, -0.2) is 4.68 Å². The molecule has 2 N–H and O–H groups in total. The van der Waals surface area contributed by atoms with Crippen LogP contribution < -0.4 is 10.6 Å². The highest BCUT2D eigenvalue weighted by Gasteiger charge is 2.15. The number of rotatable bonds is 2. The van der Waals surface area contributed by atoms with Crippen LogP contribution in [0.5, 0.6) is 0 Å². The van der Waals surface area contributed by atoms with E-state index in [1.807, 2.05) is 27.1 Å². The molecular weight excluding hydrogens is 166 g/mol. The van der Waals surface area contributed by atoms with Gasteiger partial charge in [0.05, 0.1) is 0 Å². The lowest BCUT2D eigenvalue weighted by Gasteiger charge is -2.07. The highest BCUT2D eigenvalue weighted by Crippen LogP contribution is 2.22. The Kier molecular flexibility index (Phi) is 2.42. The second-order valence-corrected chi connectivity index (χ2v) is 2.91. The summed E-state index contributed by atoms with van der Waals surface area (Å²) in [5.41, 5.74) is 6.17. The summed E-state index contributed by atoms with van der Waals surface area (Å²) in [7, 11) is 3.67. The smallest absolute Gasteiger partial charge is 0.170 e. The molecule has 0 amide bonds. The summed E-state index contributed by atoms with van der Waals surface area (Å²) < 4.78 is 1.62. The Bertz CT molecular complexity index is 344. The third-order valence-electron chi connectivity index (χ3n) is 1.81. The van der Waals surface area contributed by atoms with E-state index in [1.54, 1.807) is 9.58 Å². The van der Waals surface area contributed by atoms with Gasteiger partial charge < -0.3 is 10.6 Å². The molecule has 0 aliphatic rings. The minimum atomic E-state index is 0.439. The Morgan fingerprint density at radius 3 is 2.54 bits per heavy atom. The normalized spacial score (nSPS) is 9.69. The van der Waals surface area contributed by atoms with Gasteiger partial charge in [0, 0.05) is 20.6 Å². The predicted molar refractivity (Wildman–Crippen MR) is 51.4 cm³/mol. The summed E-state index contributed by atoms with van der Waals surface area (Å²) >= 11 is 0. The molecule has 0 radical (unpaired) electrons. The van der Waals surface area contributed by atoms with Crippen molar-refractivity contribution in [2.24, 2.45) is 0 Å². The van der Waals surface area contributed by atoms with Crippen LogP contribution in [0.15, 0.2) is 0 Å². The first-order valence-electron chi connectivity index (χ1n) is 4.05. The zero-order chi connectivity index (χ0) is 10.0. The zero-order valence-electron chi connectivity index (χ0n) is 8.07.